The number of halogens is 1. The third-order valence-electron chi connectivity index (χ3n) is 3.76. The second kappa shape index (κ2) is 6.93. The number of benzene rings is 2. The minimum absolute atomic E-state index is 0.0355. The monoisotopic (exact) mass is 344 g/mol. The van der Waals surface area contributed by atoms with E-state index < -0.39 is 0 Å². The number of nitrogens with zero attached hydrogens (tertiary/aromatic N) is 1. The Hall–Kier alpha value is -2.53. The van der Waals surface area contributed by atoms with Crippen molar-refractivity contribution < 1.29 is 14.3 Å². The summed E-state index contributed by atoms with van der Waals surface area (Å²) in [6.45, 7) is 2.22. The highest BCUT2D eigenvalue weighted by Gasteiger charge is 2.27. The van der Waals surface area contributed by atoms with Gasteiger partial charge < -0.3 is 10.1 Å². The second-order valence-electron chi connectivity index (χ2n) is 5.64. The van der Waals surface area contributed by atoms with Gasteiger partial charge in [-0.15, -0.1) is 0 Å². The largest absolute Gasteiger partial charge is 0.482 e. The van der Waals surface area contributed by atoms with Gasteiger partial charge in [-0.05, 0) is 42.3 Å². The smallest absolute Gasteiger partial charge is 0.265 e. The molecule has 5 nitrogen and oxygen atoms in total. The Morgan fingerprint density at radius 1 is 1.25 bits per heavy atom. The molecule has 0 unspecified atom stereocenters. The molecule has 6 heteroatoms. The second-order valence-corrected chi connectivity index (χ2v) is 6.08. The molecule has 2 aromatic rings. The van der Waals surface area contributed by atoms with Gasteiger partial charge in [0.25, 0.3) is 5.91 Å². The number of carbonyl (C=O) groups is 2. The van der Waals surface area contributed by atoms with Crippen molar-refractivity contribution in [2.45, 2.75) is 13.5 Å². The molecule has 0 aliphatic carbocycles. The predicted molar refractivity (Wildman–Crippen MR) is 92.3 cm³/mol. The molecule has 0 radical (unpaired) electrons. The van der Waals surface area contributed by atoms with Gasteiger partial charge in [-0.25, -0.2) is 0 Å². The van der Waals surface area contributed by atoms with E-state index in [1.807, 2.05) is 37.3 Å². The fraction of sp³-hybridized carbons (Fsp3) is 0.222. The van der Waals surface area contributed by atoms with Gasteiger partial charge in [0.05, 0.1) is 5.69 Å². The van der Waals surface area contributed by atoms with Crippen molar-refractivity contribution in [1.29, 1.82) is 0 Å². The number of rotatable bonds is 4. The number of hydrogen-bond donors (Lipinski definition) is 1. The summed E-state index contributed by atoms with van der Waals surface area (Å²) in [4.78, 5) is 25.8. The van der Waals surface area contributed by atoms with Crippen LogP contribution < -0.4 is 15.0 Å². The number of nitrogens with one attached hydrogen (secondary N) is 1. The fourth-order valence-corrected chi connectivity index (χ4v) is 2.61. The minimum Gasteiger partial charge on any atom is -0.482 e. The molecular formula is C18H17ClN2O3. The molecule has 2 aromatic carbocycles. The molecule has 2 amide bonds. The zero-order valence-corrected chi connectivity index (χ0v) is 14.0. The third kappa shape index (κ3) is 3.68. The van der Waals surface area contributed by atoms with Crippen molar-refractivity contribution in [2.24, 2.45) is 0 Å². The first kappa shape index (κ1) is 16.3. The van der Waals surface area contributed by atoms with Crippen molar-refractivity contribution in [2.75, 3.05) is 18.1 Å². The van der Waals surface area contributed by atoms with E-state index in [9.17, 15) is 9.59 Å². The van der Waals surface area contributed by atoms with Gasteiger partial charge in [0.1, 0.15) is 12.3 Å². The highest BCUT2D eigenvalue weighted by Crippen LogP contribution is 2.32. The Balaban J connectivity index is 1.66. The number of hydrogen-bond acceptors (Lipinski definition) is 3. The summed E-state index contributed by atoms with van der Waals surface area (Å²) in [5.74, 6) is 0.160. The van der Waals surface area contributed by atoms with Gasteiger partial charge in [0, 0.05) is 11.6 Å². The van der Waals surface area contributed by atoms with Gasteiger partial charge in [-0.2, -0.15) is 0 Å². The van der Waals surface area contributed by atoms with Crippen LogP contribution in [0.15, 0.2) is 42.5 Å². The van der Waals surface area contributed by atoms with Crippen LogP contribution in [0.2, 0.25) is 5.02 Å². The summed E-state index contributed by atoms with van der Waals surface area (Å²) in [5, 5.41) is 3.46. The zero-order valence-electron chi connectivity index (χ0n) is 13.2. The Morgan fingerprint density at radius 3 is 2.75 bits per heavy atom. The SMILES string of the molecule is Cc1ccc2c(c1)N(CC(=O)NCc1ccc(Cl)cc1)C(=O)CO2. The van der Waals surface area contributed by atoms with Crippen LogP contribution in [0.3, 0.4) is 0 Å². The van der Waals surface area contributed by atoms with E-state index in [0.717, 1.165) is 11.1 Å². The molecule has 1 aliphatic rings. The van der Waals surface area contributed by atoms with Crippen LogP contribution in [0.1, 0.15) is 11.1 Å². The molecule has 0 saturated carbocycles. The van der Waals surface area contributed by atoms with E-state index in [4.69, 9.17) is 16.3 Å². The molecule has 3 rings (SSSR count). The van der Waals surface area contributed by atoms with E-state index >= 15 is 0 Å². The molecule has 0 bridgehead atoms. The van der Waals surface area contributed by atoms with Crippen molar-refractivity contribution in [3.8, 4) is 5.75 Å². The van der Waals surface area contributed by atoms with E-state index in [0.29, 0.717) is 23.0 Å². The van der Waals surface area contributed by atoms with Gasteiger partial charge >= 0.3 is 0 Å². The maximum Gasteiger partial charge on any atom is 0.265 e. The van der Waals surface area contributed by atoms with E-state index in [1.165, 1.54) is 4.90 Å². The number of amides is 2. The lowest BCUT2D eigenvalue weighted by molar-refractivity contribution is -0.125. The summed E-state index contributed by atoms with van der Waals surface area (Å²) in [5.41, 5.74) is 2.57. The number of ether oxygens (including phenoxy) is 1. The maximum absolute atomic E-state index is 12.2. The predicted octanol–water partition coefficient (Wildman–Crippen LogP) is 2.69. The number of fused-ring (bicyclic) bond motifs is 1. The third-order valence-corrected chi connectivity index (χ3v) is 4.01. The van der Waals surface area contributed by atoms with Crippen LogP contribution in [0.25, 0.3) is 0 Å². The highest BCUT2D eigenvalue weighted by atomic mass is 35.5. The molecule has 1 N–H and O–H groups in total. The van der Waals surface area contributed by atoms with Crippen LogP contribution in [0.5, 0.6) is 5.75 Å². The fourth-order valence-electron chi connectivity index (χ4n) is 2.49. The summed E-state index contributed by atoms with van der Waals surface area (Å²) in [6.07, 6.45) is 0. The first-order chi connectivity index (χ1) is 11.5. The first-order valence-electron chi connectivity index (χ1n) is 7.58. The molecular weight excluding hydrogens is 328 g/mol. The molecule has 24 heavy (non-hydrogen) atoms. The number of carbonyl (C=O) groups excluding carboxylic acids is 2. The summed E-state index contributed by atoms with van der Waals surface area (Å²) in [6, 6.07) is 12.8. The number of anilines is 1. The van der Waals surface area contributed by atoms with Crippen molar-refractivity contribution in [1.82, 2.24) is 5.32 Å². The molecule has 0 atom stereocenters. The van der Waals surface area contributed by atoms with Crippen LogP contribution in [0.4, 0.5) is 5.69 Å². The molecule has 0 aromatic heterocycles. The lowest BCUT2D eigenvalue weighted by atomic mass is 10.1. The van der Waals surface area contributed by atoms with Gasteiger partial charge in [-0.3, -0.25) is 14.5 Å². The summed E-state index contributed by atoms with van der Waals surface area (Å²) >= 11 is 5.84. The number of aryl methyl sites for hydroxylation is 1. The minimum atomic E-state index is -0.229. The Morgan fingerprint density at radius 2 is 2.00 bits per heavy atom. The first-order valence-corrected chi connectivity index (χ1v) is 7.96. The zero-order chi connectivity index (χ0) is 17.1. The lowest BCUT2D eigenvalue weighted by Crippen LogP contribution is -2.45. The van der Waals surface area contributed by atoms with E-state index in [2.05, 4.69) is 5.32 Å². The molecule has 0 fully saturated rings. The van der Waals surface area contributed by atoms with Crippen LogP contribution in [-0.2, 0) is 16.1 Å². The highest BCUT2D eigenvalue weighted by molar-refractivity contribution is 6.30. The maximum atomic E-state index is 12.2. The molecule has 1 aliphatic heterocycles. The topological polar surface area (TPSA) is 58.6 Å². The Labute approximate surface area is 145 Å². The summed E-state index contributed by atoms with van der Waals surface area (Å²) < 4.78 is 5.41. The molecule has 1 heterocycles. The molecule has 124 valence electrons. The Kier molecular flexibility index (Phi) is 4.71. The standard InChI is InChI=1S/C18H17ClN2O3/c1-12-2-7-16-15(8-12)21(18(23)11-24-16)10-17(22)20-9-13-3-5-14(19)6-4-13/h2-8H,9-11H2,1H3,(H,20,22). The van der Waals surface area contributed by atoms with Crippen LogP contribution in [-0.4, -0.2) is 25.0 Å². The van der Waals surface area contributed by atoms with Gasteiger partial charge in [-0.1, -0.05) is 29.8 Å². The average Bonchev–Trinajstić information content (AvgIpc) is 2.57. The van der Waals surface area contributed by atoms with Crippen molar-refractivity contribution >= 4 is 29.1 Å². The Bertz CT molecular complexity index is 774. The average molecular weight is 345 g/mol. The van der Waals surface area contributed by atoms with Gasteiger partial charge in [0.2, 0.25) is 5.91 Å². The van der Waals surface area contributed by atoms with Crippen LogP contribution in [0, 0.1) is 6.92 Å². The van der Waals surface area contributed by atoms with E-state index in [-0.39, 0.29) is 25.0 Å². The lowest BCUT2D eigenvalue weighted by Gasteiger charge is -2.29. The molecule has 0 spiro atoms. The van der Waals surface area contributed by atoms with Crippen molar-refractivity contribution in [3.05, 3.63) is 58.6 Å². The summed E-state index contributed by atoms with van der Waals surface area (Å²) in [7, 11) is 0. The quantitative estimate of drug-likeness (QED) is 0.927. The normalized spacial score (nSPS) is 13.2. The van der Waals surface area contributed by atoms with Crippen molar-refractivity contribution in [3.63, 3.8) is 0 Å². The van der Waals surface area contributed by atoms with E-state index in [1.54, 1.807) is 12.1 Å². The van der Waals surface area contributed by atoms with Crippen LogP contribution >= 0.6 is 11.6 Å². The molecule has 0 saturated heterocycles. The van der Waals surface area contributed by atoms with Gasteiger partial charge in [0.15, 0.2) is 6.61 Å².